The van der Waals surface area contributed by atoms with Crippen molar-refractivity contribution in [1.82, 2.24) is 25.1 Å². The van der Waals surface area contributed by atoms with Gasteiger partial charge in [0.1, 0.15) is 11.4 Å². The van der Waals surface area contributed by atoms with E-state index in [0.29, 0.717) is 25.9 Å². The highest BCUT2D eigenvalue weighted by Crippen LogP contribution is 2.32. The summed E-state index contributed by atoms with van der Waals surface area (Å²) in [4.78, 5) is 34.8. The normalized spacial score (nSPS) is 14.8. The number of aromatic nitrogens is 4. The van der Waals surface area contributed by atoms with Gasteiger partial charge in [0, 0.05) is 24.4 Å². The van der Waals surface area contributed by atoms with E-state index in [4.69, 9.17) is 5.73 Å². The number of amides is 2. The molecule has 33 heavy (non-hydrogen) atoms. The van der Waals surface area contributed by atoms with Crippen molar-refractivity contribution in [3.05, 3.63) is 45.9 Å². The molecule has 10 nitrogen and oxygen atoms in total. The first-order valence-corrected chi connectivity index (χ1v) is 10.7. The Labute approximate surface area is 189 Å². The fourth-order valence-electron chi connectivity index (χ4n) is 3.43. The average Bonchev–Trinajstić information content (AvgIpc) is 3.42. The molecule has 1 aliphatic rings. The highest BCUT2D eigenvalue weighted by Gasteiger charge is 2.34. The number of likely N-dealkylation sites (tertiary alicyclic amines) is 1. The zero-order valence-electron chi connectivity index (χ0n) is 16.9. The SMILES string of the molecule is Nc1nc(NC(=O)c2csc(C3CCN(C(=O)c4ccccc4OC(F)(F)F)CC3)n2)n[nH]1. The van der Waals surface area contributed by atoms with Gasteiger partial charge in [-0.05, 0) is 25.0 Å². The van der Waals surface area contributed by atoms with Crippen LogP contribution in [0.2, 0.25) is 0 Å². The summed E-state index contributed by atoms with van der Waals surface area (Å²) in [5.41, 5.74) is 5.48. The Hall–Kier alpha value is -3.68. The fraction of sp³-hybridized carbons (Fsp3) is 0.316. The third-order valence-corrected chi connectivity index (χ3v) is 5.96. The number of ether oxygens (including phenoxy) is 1. The van der Waals surface area contributed by atoms with Crippen LogP contribution in [0.15, 0.2) is 29.6 Å². The van der Waals surface area contributed by atoms with E-state index in [0.717, 1.165) is 11.1 Å². The van der Waals surface area contributed by atoms with Crippen molar-refractivity contribution in [2.75, 3.05) is 24.1 Å². The number of carbonyl (C=O) groups excluding carboxylic acids is 2. The Bertz CT molecular complexity index is 1160. The number of rotatable bonds is 5. The Balaban J connectivity index is 1.37. The summed E-state index contributed by atoms with van der Waals surface area (Å²) < 4.78 is 42.0. The van der Waals surface area contributed by atoms with Gasteiger partial charge in [-0.15, -0.1) is 29.6 Å². The minimum atomic E-state index is -4.89. The lowest BCUT2D eigenvalue weighted by Gasteiger charge is -2.31. The number of nitrogens with zero attached hydrogens (tertiary/aromatic N) is 4. The molecule has 0 radical (unpaired) electrons. The van der Waals surface area contributed by atoms with E-state index in [-0.39, 0.29) is 29.1 Å². The number of aromatic amines is 1. The summed E-state index contributed by atoms with van der Waals surface area (Å²) in [6, 6.07) is 5.28. The maximum Gasteiger partial charge on any atom is 0.573 e. The fourth-order valence-corrected chi connectivity index (χ4v) is 4.40. The maximum absolute atomic E-state index is 12.8. The molecule has 2 aromatic heterocycles. The number of carbonyl (C=O) groups is 2. The Kier molecular flexibility index (Phi) is 6.18. The minimum absolute atomic E-state index is 0.0152. The van der Waals surface area contributed by atoms with Crippen LogP contribution in [-0.4, -0.2) is 56.3 Å². The second-order valence-corrected chi connectivity index (χ2v) is 8.07. The zero-order chi connectivity index (χ0) is 23.6. The van der Waals surface area contributed by atoms with Crippen molar-refractivity contribution < 1.29 is 27.5 Å². The molecule has 0 atom stereocenters. The number of para-hydroxylation sites is 1. The molecule has 1 aliphatic heterocycles. The van der Waals surface area contributed by atoms with Gasteiger partial charge in [0.15, 0.2) is 0 Å². The molecule has 0 saturated carbocycles. The van der Waals surface area contributed by atoms with E-state index in [1.54, 1.807) is 5.38 Å². The van der Waals surface area contributed by atoms with Crippen LogP contribution in [0.5, 0.6) is 5.75 Å². The van der Waals surface area contributed by atoms with Crippen molar-refractivity contribution in [2.24, 2.45) is 0 Å². The lowest BCUT2D eigenvalue weighted by atomic mass is 9.97. The summed E-state index contributed by atoms with van der Waals surface area (Å²) in [6.07, 6.45) is -3.78. The number of alkyl halides is 3. The quantitative estimate of drug-likeness (QED) is 0.509. The smallest absolute Gasteiger partial charge is 0.405 e. The van der Waals surface area contributed by atoms with Crippen LogP contribution in [0.25, 0.3) is 0 Å². The van der Waals surface area contributed by atoms with Crippen LogP contribution in [0.3, 0.4) is 0 Å². The number of H-pyrrole nitrogens is 1. The van der Waals surface area contributed by atoms with Crippen molar-refractivity contribution in [2.45, 2.75) is 25.1 Å². The average molecular weight is 481 g/mol. The third-order valence-electron chi connectivity index (χ3n) is 4.96. The van der Waals surface area contributed by atoms with E-state index < -0.39 is 23.9 Å². The van der Waals surface area contributed by atoms with Crippen LogP contribution in [0.1, 0.15) is 44.6 Å². The van der Waals surface area contributed by atoms with Crippen molar-refractivity contribution in [3.8, 4) is 5.75 Å². The highest BCUT2D eigenvalue weighted by atomic mass is 32.1. The molecule has 3 aromatic rings. The molecule has 4 rings (SSSR count). The van der Waals surface area contributed by atoms with E-state index >= 15 is 0 Å². The first-order valence-electron chi connectivity index (χ1n) is 9.78. The molecule has 0 spiro atoms. The Morgan fingerprint density at radius 2 is 1.94 bits per heavy atom. The number of nitrogens with one attached hydrogen (secondary N) is 2. The van der Waals surface area contributed by atoms with Gasteiger partial charge >= 0.3 is 6.36 Å². The van der Waals surface area contributed by atoms with Gasteiger partial charge in [0.05, 0.1) is 10.6 Å². The number of anilines is 2. The summed E-state index contributed by atoms with van der Waals surface area (Å²) in [5, 5.41) is 11.0. The topological polar surface area (TPSA) is 139 Å². The minimum Gasteiger partial charge on any atom is -0.405 e. The molecular formula is C19H18F3N7O3S. The van der Waals surface area contributed by atoms with Gasteiger partial charge in [-0.25, -0.2) is 10.1 Å². The van der Waals surface area contributed by atoms with Gasteiger partial charge in [-0.3, -0.25) is 14.9 Å². The van der Waals surface area contributed by atoms with Crippen LogP contribution in [0.4, 0.5) is 25.1 Å². The highest BCUT2D eigenvalue weighted by molar-refractivity contribution is 7.10. The molecule has 14 heteroatoms. The van der Waals surface area contributed by atoms with Gasteiger partial charge < -0.3 is 15.4 Å². The van der Waals surface area contributed by atoms with Crippen molar-refractivity contribution >= 4 is 35.0 Å². The summed E-state index contributed by atoms with van der Waals surface area (Å²) >= 11 is 1.32. The number of nitrogens with two attached hydrogens (primary N) is 1. The molecule has 3 heterocycles. The number of piperidine rings is 1. The first-order chi connectivity index (χ1) is 15.7. The molecule has 1 saturated heterocycles. The number of benzene rings is 1. The molecule has 2 amide bonds. The second-order valence-electron chi connectivity index (χ2n) is 7.18. The van der Waals surface area contributed by atoms with E-state index in [9.17, 15) is 22.8 Å². The Morgan fingerprint density at radius 1 is 1.21 bits per heavy atom. The largest absolute Gasteiger partial charge is 0.573 e. The van der Waals surface area contributed by atoms with Crippen LogP contribution < -0.4 is 15.8 Å². The summed E-state index contributed by atoms with van der Waals surface area (Å²) in [5.74, 6) is -1.42. The number of hydrogen-bond donors (Lipinski definition) is 3. The number of hydrogen-bond acceptors (Lipinski definition) is 8. The Morgan fingerprint density at radius 3 is 2.61 bits per heavy atom. The van der Waals surface area contributed by atoms with Crippen molar-refractivity contribution in [1.29, 1.82) is 0 Å². The second kappa shape index (κ2) is 9.05. The number of nitrogen functional groups attached to an aromatic ring is 1. The molecule has 0 unspecified atom stereocenters. The van der Waals surface area contributed by atoms with E-state index in [1.165, 1.54) is 34.4 Å². The van der Waals surface area contributed by atoms with Gasteiger partial charge in [0.2, 0.25) is 5.95 Å². The molecule has 1 aromatic carbocycles. The molecule has 0 aliphatic carbocycles. The van der Waals surface area contributed by atoms with E-state index in [2.05, 4.69) is 30.2 Å². The van der Waals surface area contributed by atoms with Crippen molar-refractivity contribution in [3.63, 3.8) is 0 Å². The van der Waals surface area contributed by atoms with Gasteiger partial charge in [0.25, 0.3) is 17.8 Å². The number of halogens is 3. The van der Waals surface area contributed by atoms with Crippen LogP contribution in [-0.2, 0) is 0 Å². The monoisotopic (exact) mass is 481 g/mol. The van der Waals surface area contributed by atoms with Crippen LogP contribution >= 0.6 is 11.3 Å². The number of thiazole rings is 1. The van der Waals surface area contributed by atoms with Crippen LogP contribution in [0, 0.1) is 0 Å². The molecule has 1 fully saturated rings. The lowest BCUT2D eigenvalue weighted by Crippen LogP contribution is -2.38. The molecule has 0 bridgehead atoms. The molecular weight excluding hydrogens is 463 g/mol. The molecule has 174 valence electrons. The lowest BCUT2D eigenvalue weighted by molar-refractivity contribution is -0.274. The summed E-state index contributed by atoms with van der Waals surface area (Å²) in [6.45, 7) is 0.670. The predicted molar refractivity (Wildman–Crippen MR) is 112 cm³/mol. The van der Waals surface area contributed by atoms with Gasteiger partial charge in [-0.2, -0.15) is 4.98 Å². The zero-order valence-corrected chi connectivity index (χ0v) is 17.7. The summed E-state index contributed by atoms with van der Waals surface area (Å²) in [7, 11) is 0. The predicted octanol–water partition coefficient (Wildman–Crippen LogP) is 3.01. The maximum atomic E-state index is 12.8. The molecule has 4 N–H and O–H groups in total. The van der Waals surface area contributed by atoms with E-state index in [1.807, 2.05) is 0 Å². The first kappa shape index (κ1) is 22.5. The standard InChI is InChI=1S/C19H18F3N7O3S/c20-19(21,22)32-13-4-2-1-3-11(13)16(31)29-7-5-10(6-8-29)15-24-12(9-33-15)14(30)25-18-26-17(23)27-28-18/h1-4,9-10H,5-8H2,(H4,23,25,26,27,28,30). The third kappa shape index (κ3) is 5.39. The van der Waals surface area contributed by atoms with Gasteiger partial charge in [-0.1, -0.05) is 12.1 Å².